The monoisotopic (exact) mass is 296 g/mol. The zero-order chi connectivity index (χ0) is 15.6. The molecule has 0 aromatic heterocycles. The lowest BCUT2D eigenvalue weighted by Crippen LogP contribution is -2.14. The Morgan fingerprint density at radius 1 is 1.00 bits per heavy atom. The number of nitrogens with two attached hydrogens (primary N) is 2. The number of nitrogen functional groups attached to an aromatic ring is 2. The van der Waals surface area contributed by atoms with Crippen molar-refractivity contribution in [1.29, 1.82) is 0 Å². The molecule has 2 aromatic rings. The first kappa shape index (κ1) is 14.7. The minimum absolute atomic E-state index is 0.0555. The van der Waals surface area contributed by atoms with Crippen molar-refractivity contribution >= 4 is 17.3 Å². The average Bonchev–Trinajstić information content (AvgIpc) is 2.39. The third kappa shape index (κ3) is 3.44. The van der Waals surface area contributed by atoms with Crippen LogP contribution in [0.5, 0.6) is 5.75 Å². The first-order valence-electron chi connectivity index (χ1n) is 5.82. The number of halogens is 3. The van der Waals surface area contributed by atoms with Gasteiger partial charge in [-0.05, 0) is 36.4 Å². The number of ether oxygens (including phenoxy) is 1. The van der Waals surface area contributed by atoms with Gasteiger partial charge in [0.2, 0.25) is 0 Å². The molecule has 4 N–H and O–H groups in total. The number of carbonyl (C=O) groups is 1. The van der Waals surface area contributed by atoms with Crippen molar-refractivity contribution in [3.63, 3.8) is 0 Å². The molecular formula is C14H11F3N2O2. The van der Waals surface area contributed by atoms with E-state index in [0.717, 1.165) is 6.07 Å². The fourth-order valence-corrected chi connectivity index (χ4v) is 1.68. The second kappa shape index (κ2) is 5.35. The first-order valence-corrected chi connectivity index (χ1v) is 5.82. The maximum absolute atomic E-state index is 12.9. The number of hydrogen-bond acceptors (Lipinski definition) is 4. The second-order valence-electron chi connectivity index (χ2n) is 4.27. The molecule has 2 rings (SSSR count). The van der Waals surface area contributed by atoms with E-state index in [4.69, 9.17) is 16.2 Å². The smallest absolute Gasteiger partial charge is 0.420 e. The second-order valence-corrected chi connectivity index (χ2v) is 4.27. The lowest BCUT2D eigenvalue weighted by molar-refractivity contribution is -0.138. The van der Waals surface area contributed by atoms with Gasteiger partial charge in [-0.1, -0.05) is 6.07 Å². The van der Waals surface area contributed by atoms with Gasteiger partial charge in [0.15, 0.2) is 0 Å². The number of benzene rings is 2. The highest BCUT2D eigenvalue weighted by Crippen LogP contribution is 2.37. The molecule has 2 aromatic carbocycles. The van der Waals surface area contributed by atoms with Gasteiger partial charge in [0, 0.05) is 11.4 Å². The standard InChI is InChI=1S/C14H11F3N2O2/c15-14(16,17)11-7-10(19)4-5-12(11)21-13(20)8-2-1-3-9(18)6-8/h1-7H,18-19H2. The van der Waals surface area contributed by atoms with Crippen molar-refractivity contribution in [3.05, 3.63) is 53.6 Å². The van der Waals surface area contributed by atoms with Crippen molar-refractivity contribution < 1.29 is 22.7 Å². The summed E-state index contributed by atoms with van der Waals surface area (Å²) >= 11 is 0. The van der Waals surface area contributed by atoms with Gasteiger partial charge in [-0.2, -0.15) is 13.2 Å². The largest absolute Gasteiger partial charge is 0.422 e. The van der Waals surface area contributed by atoms with Gasteiger partial charge in [-0.25, -0.2) is 4.79 Å². The molecule has 0 atom stereocenters. The summed E-state index contributed by atoms with van der Waals surface area (Å²) < 4.78 is 43.4. The van der Waals surface area contributed by atoms with Crippen molar-refractivity contribution in [3.8, 4) is 5.75 Å². The van der Waals surface area contributed by atoms with Crippen molar-refractivity contribution in [1.82, 2.24) is 0 Å². The van der Waals surface area contributed by atoms with Crippen LogP contribution in [0, 0.1) is 0 Å². The Morgan fingerprint density at radius 2 is 1.67 bits per heavy atom. The normalized spacial score (nSPS) is 11.2. The van der Waals surface area contributed by atoms with Crippen LogP contribution in [0.2, 0.25) is 0 Å². The SMILES string of the molecule is Nc1cccc(C(=O)Oc2ccc(N)cc2C(F)(F)F)c1. The van der Waals surface area contributed by atoms with E-state index in [0.29, 0.717) is 11.8 Å². The zero-order valence-corrected chi connectivity index (χ0v) is 10.6. The summed E-state index contributed by atoms with van der Waals surface area (Å²) in [4.78, 5) is 11.9. The Balaban J connectivity index is 2.34. The van der Waals surface area contributed by atoms with Gasteiger partial charge in [0.25, 0.3) is 0 Å². The minimum atomic E-state index is -4.68. The summed E-state index contributed by atoms with van der Waals surface area (Å²) in [5.41, 5.74) is 10.0. The van der Waals surface area contributed by atoms with E-state index in [-0.39, 0.29) is 11.3 Å². The average molecular weight is 296 g/mol. The van der Waals surface area contributed by atoms with Crippen LogP contribution in [-0.2, 0) is 6.18 Å². The Kier molecular flexibility index (Phi) is 3.75. The highest BCUT2D eigenvalue weighted by Gasteiger charge is 2.35. The van der Waals surface area contributed by atoms with Crippen molar-refractivity contribution in [2.45, 2.75) is 6.18 Å². The van der Waals surface area contributed by atoms with Gasteiger partial charge in [-0.3, -0.25) is 0 Å². The van der Waals surface area contributed by atoms with Crippen molar-refractivity contribution in [2.24, 2.45) is 0 Å². The molecule has 0 saturated carbocycles. The van der Waals surface area contributed by atoms with E-state index >= 15 is 0 Å². The number of hydrogen-bond donors (Lipinski definition) is 2. The molecule has 0 radical (unpaired) electrons. The molecule has 0 saturated heterocycles. The predicted octanol–water partition coefficient (Wildman–Crippen LogP) is 3.09. The summed E-state index contributed by atoms with van der Waals surface area (Å²) in [6.07, 6.45) is -4.68. The van der Waals surface area contributed by atoms with E-state index < -0.39 is 23.5 Å². The Bertz CT molecular complexity index is 684. The lowest BCUT2D eigenvalue weighted by Gasteiger charge is -2.13. The number of alkyl halides is 3. The summed E-state index contributed by atoms with van der Waals surface area (Å²) in [6.45, 7) is 0. The maximum Gasteiger partial charge on any atom is 0.420 e. The van der Waals surface area contributed by atoms with Gasteiger partial charge >= 0.3 is 12.1 Å². The summed E-state index contributed by atoms with van der Waals surface area (Å²) in [5, 5.41) is 0. The lowest BCUT2D eigenvalue weighted by atomic mass is 10.1. The van der Waals surface area contributed by atoms with Gasteiger partial charge in [-0.15, -0.1) is 0 Å². The van der Waals surface area contributed by atoms with Crippen LogP contribution in [-0.4, -0.2) is 5.97 Å². The number of carbonyl (C=O) groups excluding carboxylic acids is 1. The molecule has 4 nitrogen and oxygen atoms in total. The van der Waals surface area contributed by atoms with E-state index in [1.165, 1.54) is 24.3 Å². The van der Waals surface area contributed by atoms with Crippen LogP contribution >= 0.6 is 0 Å². The van der Waals surface area contributed by atoms with E-state index in [1.54, 1.807) is 6.07 Å². The first-order chi connectivity index (χ1) is 9.77. The predicted molar refractivity (Wildman–Crippen MR) is 71.7 cm³/mol. The maximum atomic E-state index is 12.9. The summed E-state index contributed by atoms with van der Waals surface area (Å²) in [6, 6.07) is 8.68. The highest BCUT2D eigenvalue weighted by atomic mass is 19.4. The molecule has 0 heterocycles. The molecule has 21 heavy (non-hydrogen) atoms. The quantitative estimate of drug-likeness (QED) is 0.507. The summed E-state index contributed by atoms with van der Waals surface area (Å²) in [7, 11) is 0. The Hall–Kier alpha value is -2.70. The third-order valence-corrected chi connectivity index (χ3v) is 2.63. The molecule has 0 fully saturated rings. The molecule has 0 unspecified atom stereocenters. The van der Waals surface area contributed by atoms with Crippen LogP contribution in [0.25, 0.3) is 0 Å². The molecule has 0 aliphatic rings. The van der Waals surface area contributed by atoms with Crippen LogP contribution in [0.15, 0.2) is 42.5 Å². The van der Waals surface area contributed by atoms with Gasteiger partial charge in [0.05, 0.1) is 5.56 Å². The van der Waals surface area contributed by atoms with Crippen molar-refractivity contribution in [2.75, 3.05) is 11.5 Å². The third-order valence-electron chi connectivity index (χ3n) is 2.63. The van der Waals surface area contributed by atoms with E-state index in [2.05, 4.69) is 0 Å². The zero-order valence-electron chi connectivity index (χ0n) is 10.6. The van der Waals surface area contributed by atoms with E-state index in [9.17, 15) is 18.0 Å². The van der Waals surface area contributed by atoms with Crippen LogP contribution in [0.3, 0.4) is 0 Å². The van der Waals surface area contributed by atoms with E-state index in [1.807, 2.05) is 0 Å². The minimum Gasteiger partial charge on any atom is -0.422 e. The number of anilines is 2. The van der Waals surface area contributed by atoms with Crippen LogP contribution in [0.4, 0.5) is 24.5 Å². The molecule has 0 bridgehead atoms. The fraction of sp³-hybridized carbons (Fsp3) is 0.0714. The van der Waals surface area contributed by atoms with Crippen LogP contribution < -0.4 is 16.2 Å². The molecule has 7 heteroatoms. The highest BCUT2D eigenvalue weighted by molar-refractivity contribution is 5.92. The summed E-state index contributed by atoms with van der Waals surface area (Å²) in [5.74, 6) is -1.54. The van der Waals surface area contributed by atoms with Gasteiger partial charge < -0.3 is 16.2 Å². The van der Waals surface area contributed by atoms with Gasteiger partial charge in [0.1, 0.15) is 11.3 Å². The molecule has 0 aliphatic heterocycles. The topological polar surface area (TPSA) is 78.3 Å². The molecular weight excluding hydrogens is 285 g/mol. The fourth-order valence-electron chi connectivity index (χ4n) is 1.68. The molecule has 110 valence electrons. The Morgan fingerprint density at radius 3 is 2.29 bits per heavy atom. The number of esters is 1. The van der Waals surface area contributed by atoms with Crippen LogP contribution in [0.1, 0.15) is 15.9 Å². The molecule has 0 amide bonds. The molecule has 0 aliphatic carbocycles. The number of rotatable bonds is 2. The Labute approximate surface area is 118 Å². The molecule has 0 spiro atoms.